The van der Waals surface area contributed by atoms with Gasteiger partial charge in [0.1, 0.15) is 5.52 Å². The van der Waals surface area contributed by atoms with Crippen LogP contribution in [-0.4, -0.2) is 33.8 Å². The first kappa shape index (κ1) is 19.5. The zero-order valence-corrected chi connectivity index (χ0v) is 14.7. The molecule has 0 aliphatic rings. The fourth-order valence-corrected chi connectivity index (χ4v) is 2.51. The summed E-state index contributed by atoms with van der Waals surface area (Å²) in [6.07, 6.45) is -2.63. The Balaban J connectivity index is 1.81. The predicted octanol–water partition coefficient (Wildman–Crippen LogP) is 3.04. The predicted molar refractivity (Wildman–Crippen MR) is 93.0 cm³/mol. The van der Waals surface area contributed by atoms with Crippen LogP contribution >= 0.6 is 0 Å². The highest BCUT2D eigenvalue weighted by Gasteiger charge is 2.30. The fraction of sp³-hybridized carbons (Fsp3) is 0.278. The number of carbonyl (C=O) groups is 1. The first-order chi connectivity index (χ1) is 13.2. The van der Waals surface area contributed by atoms with Gasteiger partial charge >= 0.3 is 12.1 Å². The Kier molecular flexibility index (Phi) is 5.39. The molecule has 7 nitrogen and oxygen atoms in total. The average Bonchev–Trinajstić information content (AvgIpc) is 3.04. The van der Waals surface area contributed by atoms with E-state index < -0.39 is 17.3 Å². The lowest BCUT2D eigenvalue weighted by molar-refractivity contribution is -0.141. The lowest BCUT2D eigenvalue weighted by Crippen LogP contribution is -2.11. The van der Waals surface area contributed by atoms with E-state index in [0.717, 1.165) is 12.1 Å². The van der Waals surface area contributed by atoms with Gasteiger partial charge in [-0.2, -0.15) is 13.2 Å². The van der Waals surface area contributed by atoms with Crippen molar-refractivity contribution >= 4 is 11.5 Å². The molecule has 0 saturated heterocycles. The van der Waals surface area contributed by atoms with Crippen molar-refractivity contribution in [2.75, 3.05) is 13.2 Å². The van der Waals surface area contributed by atoms with E-state index >= 15 is 0 Å². The molecule has 1 N–H and O–H groups in total. The van der Waals surface area contributed by atoms with Gasteiger partial charge in [0, 0.05) is 25.0 Å². The maximum absolute atomic E-state index is 12.9. The van der Waals surface area contributed by atoms with Gasteiger partial charge in [0.2, 0.25) is 5.88 Å². The van der Waals surface area contributed by atoms with Crippen molar-refractivity contribution < 1.29 is 27.4 Å². The number of aromatic nitrogens is 3. The van der Waals surface area contributed by atoms with E-state index in [0.29, 0.717) is 6.42 Å². The molecule has 0 saturated carbocycles. The van der Waals surface area contributed by atoms with Crippen LogP contribution in [0.2, 0.25) is 0 Å². The van der Waals surface area contributed by atoms with Crippen molar-refractivity contribution in [2.24, 2.45) is 0 Å². The lowest BCUT2D eigenvalue weighted by atomic mass is 10.1. The van der Waals surface area contributed by atoms with E-state index in [1.807, 2.05) is 0 Å². The van der Waals surface area contributed by atoms with Crippen molar-refractivity contribution in [2.45, 2.75) is 19.5 Å². The van der Waals surface area contributed by atoms with Gasteiger partial charge in [-0.25, -0.2) is 4.52 Å². The van der Waals surface area contributed by atoms with Crippen LogP contribution in [0.25, 0.3) is 16.8 Å². The van der Waals surface area contributed by atoms with Gasteiger partial charge in [0.15, 0.2) is 0 Å². The second-order valence-electron chi connectivity index (χ2n) is 5.93. The normalized spacial score (nSPS) is 11.6. The molecule has 0 bridgehead atoms. The monoisotopic (exact) mass is 395 g/mol. The van der Waals surface area contributed by atoms with Gasteiger partial charge in [-0.15, -0.1) is 5.10 Å². The van der Waals surface area contributed by atoms with Gasteiger partial charge in [-0.1, -0.05) is 12.1 Å². The molecule has 3 rings (SSSR count). The van der Waals surface area contributed by atoms with E-state index in [4.69, 9.17) is 9.47 Å². The Morgan fingerprint density at radius 3 is 2.75 bits per heavy atom. The number of alkyl halides is 3. The molecule has 0 atom stereocenters. The minimum atomic E-state index is -4.49. The first-order valence-corrected chi connectivity index (χ1v) is 8.30. The molecule has 10 heteroatoms. The summed E-state index contributed by atoms with van der Waals surface area (Å²) in [6.45, 7) is 1.72. The Morgan fingerprint density at radius 2 is 2.04 bits per heavy atom. The Hall–Kier alpha value is -3.30. The van der Waals surface area contributed by atoms with Crippen molar-refractivity contribution in [3.05, 3.63) is 52.4 Å². The van der Waals surface area contributed by atoms with E-state index in [2.05, 4.69) is 10.1 Å². The van der Waals surface area contributed by atoms with Crippen molar-refractivity contribution in [1.82, 2.24) is 14.6 Å². The number of hydrogen-bond donors (Lipinski definition) is 1. The van der Waals surface area contributed by atoms with Crippen molar-refractivity contribution in [3.63, 3.8) is 0 Å². The maximum atomic E-state index is 12.9. The molecule has 3 aromatic rings. The highest BCUT2D eigenvalue weighted by Crippen LogP contribution is 2.31. The first-order valence-electron chi connectivity index (χ1n) is 8.30. The Bertz CT molecular complexity index is 1060. The number of H-pyrrole nitrogens is 1. The van der Waals surface area contributed by atoms with Gasteiger partial charge in [0.25, 0.3) is 5.56 Å². The number of ether oxygens (including phenoxy) is 2. The third-order valence-corrected chi connectivity index (χ3v) is 3.79. The summed E-state index contributed by atoms with van der Waals surface area (Å²) in [5.74, 6) is -0.212. The standard InChI is InChI=1S/C18H16F3N3O4/c1-11(25)27-6-3-7-28-16-9-15-17(26)22-14(10-24(15)23-16)12-4-2-5-13(8-12)18(19,20)21/h2,4-5,8-10H,3,6-7H2,1H3,(H,22,26). The van der Waals surface area contributed by atoms with Crippen LogP contribution in [0.4, 0.5) is 13.2 Å². The number of rotatable bonds is 6. The number of carbonyl (C=O) groups excluding carboxylic acids is 1. The number of aromatic amines is 1. The Labute approximate surface area is 156 Å². The molecule has 0 aliphatic heterocycles. The molecular formula is C18H16F3N3O4. The number of nitrogens with one attached hydrogen (secondary N) is 1. The number of nitrogens with zero attached hydrogens (tertiary/aromatic N) is 2. The molecule has 0 aliphatic carbocycles. The van der Waals surface area contributed by atoms with Crippen molar-refractivity contribution in [1.29, 1.82) is 0 Å². The number of fused-ring (bicyclic) bond motifs is 1. The van der Waals surface area contributed by atoms with Gasteiger partial charge in [-0.3, -0.25) is 9.59 Å². The Morgan fingerprint density at radius 1 is 1.25 bits per heavy atom. The van der Waals surface area contributed by atoms with Crippen LogP contribution in [0, 0.1) is 0 Å². The van der Waals surface area contributed by atoms with E-state index in [1.165, 1.54) is 35.8 Å². The van der Waals surface area contributed by atoms with Crippen LogP contribution in [0.3, 0.4) is 0 Å². The quantitative estimate of drug-likeness (QED) is 0.512. The lowest BCUT2D eigenvalue weighted by Gasteiger charge is -2.08. The minimum absolute atomic E-state index is 0.175. The topological polar surface area (TPSA) is 85.7 Å². The summed E-state index contributed by atoms with van der Waals surface area (Å²) in [5, 5.41) is 4.11. The third kappa shape index (κ3) is 4.51. The summed E-state index contributed by atoms with van der Waals surface area (Å²) >= 11 is 0. The van der Waals surface area contributed by atoms with E-state index in [1.54, 1.807) is 0 Å². The van der Waals surface area contributed by atoms with Gasteiger partial charge in [-0.05, 0) is 12.1 Å². The number of esters is 1. The maximum Gasteiger partial charge on any atom is 0.416 e. The fourth-order valence-electron chi connectivity index (χ4n) is 2.51. The summed E-state index contributed by atoms with van der Waals surface area (Å²) < 4.78 is 50.1. The summed E-state index contributed by atoms with van der Waals surface area (Å²) in [4.78, 5) is 25.5. The third-order valence-electron chi connectivity index (χ3n) is 3.79. The molecule has 0 fully saturated rings. The molecule has 0 radical (unpaired) electrons. The van der Waals surface area contributed by atoms with Crippen LogP contribution in [-0.2, 0) is 15.7 Å². The van der Waals surface area contributed by atoms with E-state index in [9.17, 15) is 22.8 Å². The molecule has 28 heavy (non-hydrogen) atoms. The molecular weight excluding hydrogens is 379 g/mol. The SMILES string of the molecule is CC(=O)OCCCOc1cc2c(=O)[nH]c(-c3cccc(C(F)(F)F)c3)cn2n1. The average molecular weight is 395 g/mol. The molecule has 2 aromatic heterocycles. The zero-order valence-electron chi connectivity index (χ0n) is 14.7. The minimum Gasteiger partial charge on any atom is -0.476 e. The molecule has 148 valence electrons. The number of halogens is 3. The summed E-state index contributed by atoms with van der Waals surface area (Å²) in [5.41, 5.74) is -0.757. The molecule has 2 heterocycles. The van der Waals surface area contributed by atoms with Crippen LogP contribution in [0.1, 0.15) is 18.9 Å². The molecule has 0 amide bonds. The van der Waals surface area contributed by atoms with Crippen LogP contribution < -0.4 is 10.3 Å². The molecule has 0 spiro atoms. The second kappa shape index (κ2) is 7.75. The second-order valence-corrected chi connectivity index (χ2v) is 5.93. The zero-order chi connectivity index (χ0) is 20.3. The van der Waals surface area contributed by atoms with Crippen molar-refractivity contribution in [3.8, 4) is 17.1 Å². The van der Waals surface area contributed by atoms with Gasteiger partial charge in [0.05, 0.1) is 30.7 Å². The van der Waals surface area contributed by atoms with Crippen LogP contribution in [0.5, 0.6) is 5.88 Å². The summed E-state index contributed by atoms with van der Waals surface area (Å²) in [6, 6.07) is 6.05. The molecule has 0 unspecified atom stereocenters. The number of benzene rings is 1. The van der Waals surface area contributed by atoms with Crippen LogP contribution in [0.15, 0.2) is 41.3 Å². The number of hydrogen-bond acceptors (Lipinski definition) is 5. The molecule has 1 aromatic carbocycles. The highest BCUT2D eigenvalue weighted by molar-refractivity contribution is 5.65. The highest BCUT2D eigenvalue weighted by atomic mass is 19.4. The van der Waals surface area contributed by atoms with Gasteiger partial charge < -0.3 is 14.5 Å². The largest absolute Gasteiger partial charge is 0.476 e. The smallest absolute Gasteiger partial charge is 0.416 e. The van der Waals surface area contributed by atoms with E-state index in [-0.39, 0.29) is 41.8 Å². The summed E-state index contributed by atoms with van der Waals surface area (Å²) in [7, 11) is 0.